The first-order valence-corrected chi connectivity index (χ1v) is 7.52. The lowest BCUT2D eigenvalue weighted by atomic mass is 10.0. The lowest BCUT2D eigenvalue weighted by Crippen LogP contribution is -2.10. The van der Waals surface area contributed by atoms with E-state index in [1.807, 2.05) is 12.1 Å². The van der Waals surface area contributed by atoms with E-state index in [1.165, 1.54) is 5.56 Å². The summed E-state index contributed by atoms with van der Waals surface area (Å²) in [6.45, 7) is 4.25. The summed E-state index contributed by atoms with van der Waals surface area (Å²) < 4.78 is 5.97. The molecule has 0 saturated carbocycles. The van der Waals surface area contributed by atoms with E-state index < -0.39 is 0 Å². The van der Waals surface area contributed by atoms with Crippen LogP contribution in [-0.2, 0) is 6.42 Å². The molecule has 0 radical (unpaired) electrons. The molecule has 2 aromatic carbocycles. The van der Waals surface area contributed by atoms with Gasteiger partial charge in [0.2, 0.25) is 0 Å². The van der Waals surface area contributed by atoms with Gasteiger partial charge in [-0.1, -0.05) is 55.8 Å². The highest BCUT2D eigenvalue weighted by Gasteiger charge is 2.14. The van der Waals surface area contributed by atoms with Crippen molar-refractivity contribution in [2.75, 3.05) is 0 Å². The van der Waals surface area contributed by atoms with Gasteiger partial charge in [0.1, 0.15) is 11.3 Å². The van der Waals surface area contributed by atoms with Crippen LogP contribution in [0.25, 0.3) is 11.0 Å². The summed E-state index contributed by atoms with van der Waals surface area (Å²) in [5.74, 6) is 0.822. The zero-order valence-corrected chi connectivity index (χ0v) is 12.6. The summed E-state index contributed by atoms with van der Waals surface area (Å²) in [5.41, 5.74) is 10.9. The molecule has 2 nitrogen and oxygen atoms in total. The minimum absolute atomic E-state index is 0.215. The van der Waals surface area contributed by atoms with Crippen LogP contribution < -0.4 is 5.73 Å². The van der Waals surface area contributed by atoms with Crippen LogP contribution in [0.2, 0.25) is 0 Å². The van der Waals surface area contributed by atoms with Gasteiger partial charge in [0, 0.05) is 5.39 Å². The standard InChI is InChI=1S/C19H21NO/c1-3-5-14-8-10-15(11-9-14)18(20)17-12-16-7-4-6-13(2)19(16)21-17/h4,6-12,18H,3,5,20H2,1-2H3. The summed E-state index contributed by atoms with van der Waals surface area (Å²) in [4.78, 5) is 0. The molecule has 1 heterocycles. The molecule has 0 fully saturated rings. The molecule has 0 spiro atoms. The Morgan fingerprint density at radius 1 is 1.10 bits per heavy atom. The van der Waals surface area contributed by atoms with Gasteiger partial charge in [0.25, 0.3) is 0 Å². The monoisotopic (exact) mass is 279 g/mol. The normalized spacial score (nSPS) is 12.7. The molecule has 1 aromatic heterocycles. The van der Waals surface area contributed by atoms with Crippen molar-refractivity contribution in [3.63, 3.8) is 0 Å². The maximum absolute atomic E-state index is 6.36. The SMILES string of the molecule is CCCc1ccc(C(N)c2cc3cccc(C)c3o2)cc1. The highest BCUT2D eigenvalue weighted by molar-refractivity contribution is 5.81. The third kappa shape index (κ3) is 2.72. The number of para-hydroxylation sites is 1. The highest BCUT2D eigenvalue weighted by Crippen LogP contribution is 2.28. The molecule has 0 bridgehead atoms. The van der Waals surface area contributed by atoms with Gasteiger partial charge in [-0.05, 0) is 36.1 Å². The first-order chi connectivity index (χ1) is 10.2. The molecule has 2 N–H and O–H groups in total. The van der Waals surface area contributed by atoms with Crippen molar-refractivity contribution in [3.05, 3.63) is 71.0 Å². The Bertz CT molecular complexity index is 740. The van der Waals surface area contributed by atoms with E-state index in [4.69, 9.17) is 10.2 Å². The number of benzene rings is 2. The van der Waals surface area contributed by atoms with Gasteiger partial charge in [-0.2, -0.15) is 0 Å². The van der Waals surface area contributed by atoms with Crippen molar-refractivity contribution in [2.45, 2.75) is 32.7 Å². The molecule has 3 aromatic rings. The zero-order chi connectivity index (χ0) is 14.8. The van der Waals surface area contributed by atoms with Crippen LogP contribution in [0.1, 0.15) is 41.8 Å². The van der Waals surface area contributed by atoms with E-state index in [2.05, 4.69) is 50.2 Å². The average Bonchev–Trinajstić information content (AvgIpc) is 2.93. The van der Waals surface area contributed by atoms with Gasteiger partial charge >= 0.3 is 0 Å². The zero-order valence-electron chi connectivity index (χ0n) is 12.6. The van der Waals surface area contributed by atoms with E-state index in [0.29, 0.717) is 0 Å². The third-order valence-corrected chi connectivity index (χ3v) is 3.94. The summed E-state index contributed by atoms with van der Waals surface area (Å²) >= 11 is 0. The maximum Gasteiger partial charge on any atom is 0.137 e. The topological polar surface area (TPSA) is 39.2 Å². The number of aryl methyl sites for hydroxylation is 2. The molecule has 21 heavy (non-hydrogen) atoms. The quantitative estimate of drug-likeness (QED) is 0.749. The largest absolute Gasteiger partial charge is 0.459 e. The van der Waals surface area contributed by atoms with Crippen LogP contribution in [0.5, 0.6) is 0 Å². The van der Waals surface area contributed by atoms with Crippen LogP contribution in [0.3, 0.4) is 0 Å². The van der Waals surface area contributed by atoms with Gasteiger partial charge in [-0.3, -0.25) is 0 Å². The fraction of sp³-hybridized carbons (Fsp3) is 0.263. The van der Waals surface area contributed by atoms with Crippen LogP contribution in [0.15, 0.2) is 52.9 Å². The second kappa shape index (κ2) is 5.74. The molecule has 108 valence electrons. The molecule has 0 aliphatic rings. The number of furan rings is 1. The molecular formula is C19H21NO. The van der Waals surface area contributed by atoms with Crippen molar-refractivity contribution >= 4 is 11.0 Å². The Labute approximate surface area is 125 Å². The number of nitrogens with two attached hydrogens (primary N) is 1. The molecule has 0 aliphatic carbocycles. The predicted molar refractivity (Wildman–Crippen MR) is 87.4 cm³/mol. The smallest absolute Gasteiger partial charge is 0.137 e. The Hall–Kier alpha value is -2.06. The van der Waals surface area contributed by atoms with Gasteiger partial charge in [-0.25, -0.2) is 0 Å². The Balaban J connectivity index is 1.92. The van der Waals surface area contributed by atoms with Crippen molar-refractivity contribution in [3.8, 4) is 0 Å². The number of hydrogen-bond acceptors (Lipinski definition) is 2. The lowest BCUT2D eigenvalue weighted by Gasteiger charge is -2.10. The summed E-state index contributed by atoms with van der Waals surface area (Å²) in [5, 5.41) is 1.11. The maximum atomic E-state index is 6.36. The summed E-state index contributed by atoms with van der Waals surface area (Å²) in [7, 11) is 0. The van der Waals surface area contributed by atoms with Crippen molar-refractivity contribution < 1.29 is 4.42 Å². The second-order valence-electron chi connectivity index (χ2n) is 5.61. The summed E-state index contributed by atoms with van der Waals surface area (Å²) in [6.07, 6.45) is 2.27. The number of fused-ring (bicyclic) bond motifs is 1. The van der Waals surface area contributed by atoms with E-state index >= 15 is 0 Å². The Kier molecular flexibility index (Phi) is 3.80. The van der Waals surface area contributed by atoms with Gasteiger partial charge in [0.15, 0.2) is 0 Å². The first kappa shape index (κ1) is 13.9. The van der Waals surface area contributed by atoms with Crippen molar-refractivity contribution in [1.82, 2.24) is 0 Å². The van der Waals surface area contributed by atoms with E-state index in [1.54, 1.807) is 0 Å². The Morgan fingerprint density at radius 3 is 2.52 bits per heavy atom. The van der Waals surface area contributed by atoms with E-state index in [9.17, 15) is 0 Å². The molecule has 3 rings (SSSR count). The molecule has 2 heteroatoms. The van der Waals surface area contributed by atoms with Gasteiger partial charge in [-0.15, -0.1) is 0 Å². The summed E-state index contributed by atoms with van der Waals surface area (Å²) in [6, 6.07) is 16.5. The minimum atomic E-state index is -0.215. The van der Waals surface area contributed by atoms with E-state index in [0.717, 1.165) is 40.7 Å². The van der Waals surface area contributed by atoms with Gasteiger partial charge < -0.3 is 10.2 Å². The molecule has 1 unspecified atom stereocenters. The highest BCUT2D eigenvalue weighted by atomic mass is 16.3. The third-order valence-electron chi connectivity index (χ3n) is 3.94. The van der Waals surface area contributed by atoms with Crippen molar-refractivity contribution in [1.29, 1.82) is 0 Å². The van der Waals surface area contributed by atoms with Crippen molar-refractivity contribution in [2.24, 2.45) is 5.73 Å². The average molecular weight is 279 g/mol. The van der Waals surface area contributed by atoms with E-state index in [-0.39, 0.29) is 6.04 Å². The lowest BCUT2D eigenvalue weighted by molar-refractivity contribution is 0.523. The molecule has 1 atom stereocenters. The fourth-order valence-corrected chi connectivity index (χ4v) is 2.73. The number of hydrogen-bond donors (Lipinski definition) is 1. The number of rotatable bonds is 4. The molecular weight excluding hydrogens is 258 g/mol. The second-order valence-corrected chi connectivity index (χ2v) is 5.61. The first-order valence-electron chi connectivity index (χ1n) is 7.52. The molecule has 0 aliphatic heterocycles. The van der Waals surface area contributed by atoms with Crippen LogP contribution in [0.4, 0.5) is 0 Å². The predicted octanol–water partition coefficient (Wildman–Crippen LogP) is 4.74. The Morgan fingerprint density at radius 2 is 1.86 bits per heavy atom. The minimum Gasteiger partial charge on any atom is -0.459 e. The fourth-order valence-electron chi connectivity index (χ4n) is 2.73. The molecule has 0 amide bonds. The van der Waals surface area contributed by atoms with Crippen LogP contribution in [-0.4, -0.2) is 0 Å². The van der Waals surface area contributed by atoms with Crippen LogP contribution in [0, 0.1) is 6.92 Å². The van der Waals surface area contributed by atoms with Crippen LogP contribution >= 0.6 is 0 Å². The molecule has 0 saturated heterocycles. The van der Waals surface area contributed by atoms with Gasteiger partial charge in [0.05, 0.1) is 6.04 Å².